The Balaban J connectivity index is 2.86. The maximum atomic E-state index is 5.98. The van der Waals surface area contributed by atoms with Crippen molar-refractivity contribution in [2.24, 2.45) is 11.7 Å². The van der Waals surface area contributed by atoms with Gasteiger partial charge in [-0.15, -0.1) is 0 Å². The zero-order valence-corrected chi connectivity index (χ0v) is 12.4. The Kier molecular flexibility index (Phi) is 5.60. The van der Waals surface area contributed by atoms with Gasteiger partial charge in [0.2, 0.25) is 0 Å². The second kappa shape index (κ2) is 6.74. The van der Waals surface area contributed by atoms with E-state index in [1.54, 1.807) is 0 Å². The lowest BCUT2D eigenvalue weighted by atomic mass is 10.1. The molecule has 2 N–H and O–H groups in total. The summed E-state index contributed by atoms with van der Waals surface area (Å²) in [6.07, 6.45) is 2.87. The predicted molar refractivity (Wildman–Crippen MR) is 78.8 cm³/mol. The van der Waals surface area contributed by atoms with Crippen LogP contribution in [0.2, 0.25) is 0 Å². The summed E-state index contributed by atoms with van der Waals surface area (Å²) in [5.74, 6) is 0.643. The van der Waals surface area contributed by atoms with Crippen LogP contribution in [0.3, 0.4) is 0 Å². The largest absolute Gasteiger partial charge is 0.368 e. The normalized spacial score (nSPS) is 13.1. The number of hydrogen-bond donors (Lipinski definition) is 1. The van der Waals surface area contributed by atoms with Crippen molar-refractivity contribution in [2.75, 3.05) is 11.4 Å². The SMILES string of the molecule is CC[C@H](N)c1ccc(N(CC(C)C)C(C)C)cn1. The molecule has 1 aromatic rings. The molecule has 0 aliphatic heterocycles. The topological polar surface area (TPSA) is 42.1 Å². The lowest BCUT2D eigenvalue weighted by Gasteiger charge is -2.30. The van der Waals surface area contributed by atoms with Gasteiger partial charge in [0.25, 0.3) is 0 Å². The van der Waals surface area contributed by atoms with Crippen LogP contribution in [0, 0.1) is 5.92 Å². The van der Waals surface area contributed by atoms with Crippen LogP contribution >= 0.6 is 0 Å². The van der Waals surface area contributed by atoms with Crippen molar-refractivity contribution >= 4 is 5.69 Å². The van der Waals surface area contributed by atoms with Gasteiger partial charge in [-0.2, -0.15) is 0 Å². The molecule has 102 valence electrons. The van der Waals surface area contributed by atoms with E-state index in [-0.39, 0.29) is 6.04 Å². The molecule has 3 heteroatoms. The van der Waals surface area contributed by atoms with E-state index in [0.717, 1.165) is 18.7 Å². The van der Waals surface area contributed by atoms with Crippen LogP contribution in [-0.2, 0) is 0 Å². The molecule has 3 nitrogen and oxygen atoms in total. The van der Waals surface area contributed by atoms with Crippen LogP contribution in [0.4, 0.5) is 5.69 Å². The van der Waals surface area contributed by atoms with E-state index >= 15 is 0 Å². The summed E-state index contributed by atoms with van der Waals surface area (Å²) in [5, 5.41) is 0. The first kappa shape index (κ1) is 15.0. The Morgan fingerprint density at radius 3 is 2.28 bits per heavy atom. The number of hydrogen-bond acceptors (Lipinski definition) is 3. The molecule has 0 bridgehead atoms. The Morgan fingerprint density at radius 2 is 1.89 bits per heavy atom. The minimum atomic E-state index is 0.0525. The fraction of sp³-hybridized carbons (Fsp3) is 0.667. The fourth-order valence-electron chi connectivity index (χ4n) is 2.00. The zero-order valence-electron chi connectivity index (χ0n) is 12.4. The predicted octanol–water partition coefficient (Wildman–Crippen LogP) is 3.36. The summed E-state index contributed by atoms with van der Waals surface area (Å²) in [4.78, 5) is 6.88. The average molecular weight is 249 g/mol. The highest BCUT2D eigenvalue weighted by atomic mass is 15.2. The summed E-state index contributed by atoms with van der Waals surface area (Å²) in [6.45, 7) is 12.1. The van der Waals surface area contributed by atoms with Crippen molar-refractivity contribution in [1.82, 2.24) is 4.98 Å². The summed E-state index contributed by atoms with van der Waals surface area (Å²) in [6, 6.07) is 4.73. The first-order chi connectivity index (χ1) is 8.45. The molecular formula is C15H27N3. The van der Waals surface area contributed by atoms with Crippen molar-refractivity contribution < 1.29 is 0 Å². The summed E-state index contributed by atoms with van der Waals surface area (Å²) in [7, 11) is 0. The van der Waals surface area contributed by atoms with Crippen LogP contribution in [0.15, 0.2) is 18.3 Å². The van der Waals surface area contributed by atoms with Crippen LogP contribution in [0.1, 0.15) is 52.8 Å². The molecule has 1 rings (SSSR count). The standard InChI is InChI=1S/C15H27N3/c1-6-14(16)15-8-7-13(9-17-15)18(12(4)5)10-11(2)3/h7-9,11-12,14H,6,10,16H2,1-5H3/t14-/m0/s1. The third kappa shape index (κ3) is 3.98. The molecule has 1 heterocycles. The van der Waals surface area contributed by atoms with Crippen LogP contribution in [-0.4, -0.2) is 17.6 Å². The van der Waals surface area contributed by atoms with Crippen LogP contribution in [0.25, 0.3) is 0 Å². The molecule has 0 radical (unpaired) electrons. The average Bonchev–Trinajstić information content (AvgIpc) is 2.34. The number of nitrogens with two attached hydrogens (primary N) is 1. The Labute approximate surface area is 111 Å². The first-order valence-corrected chi connectivity index (χ1v) is 6.93. The summed E-state index contributed by atoms with van der Waals surface area (Å²) >= 11 is 0. The van der Waals surface area contributed by atoms with Gasteiger partial charge in [-0.1, -0.05) is 20.8 Å². The Morgan fingerprint density at radius 1 is 1.22 bits per heavy atom. The quantitative estimate of drug-likeness (QED) is 0.840. The maximum Gasteiger partial charge on any atom is 0.0572 e. The maximum absolute atomic E-state index is 5.98. The van der Waals surface area contributed by atoms with Crippen molar-refractivity contribution in [3.8, 4) is 0 Å². The molecule has 0 amide bonds. The first-order valence-electron chi connectivity index (χ1n) is 6.93. The van der Waals surface area contributed by atoms with Crippen LogP contribution < -0.4 is 10.6 Å². The fourth-order valence-corrected chi connectivity index (χ4v) is 2.00. The van der Waals surface area contributed by atoms with Gasteiger partial charge in [-0.25, -0.2) is 0 Å². The van der Waals surface area contributed by atoms with Crippen molar-refractivity contribution in [1.29, 1.82) is 0 Å². The number of aromatic nitrogens is 1. The number of rotatable bonds is 6. The van der Waals surface area contributed by atoms with Gasteiger partial charge >= 0.3 is 0 Å². The van der Waals surface area contributed by atoms with Gasteiger partial charge in [0.05, 0.1) is 17.6 Å². The molecule has 1 atom stereocenters. The van der Waals surface area contributed by atoms with E-state index in [2.05, 4.69) is 56.6 Å². The van der Waals surface area contributed by atoms with E-state index in [0.29, 0.717) is 12.0 Å². The van der Waals surface area contributed by atoms with Gasteiger partial charge < -0.3 is 10.6 Å². The van der Waals surface area contributed by atoms with Crippen LogP contribution in [0.5, 0.6) is 0 Å². The van der Waals surface area contributed by atoms with Gasteiger partial charge in [-0.05, 0) is 38.3 Å². The number of anilines is 1. The second-order valence-corrected chi connectivity index (χ2v) is 5.60. The molecular weight excluding hydrogens is 222 g/mol. The van der Waals surface area contributed by atoms with E-state index in [9.17, 15) is 0 Å². The zero-order chi connectivity index (χ0) is 13.7. The molecule has 0 spiro atoms. The van der Waals surface area contributed by atoms with E-state index in [1.807, 2.05) is 6.20 Å². The highest BCUT2D eigenvalue weighted by Gasteiger charge is 2.13. The summed E-state index contributed by atoms with van der Waals surface area (Å²) in [5.41, 5.74) is 8.15. The third-order valence-corrected chi connectivity index (χ3v) is 3.11. The Hall–Kier alpha value is -1.09. The molecule has 0 unspecified atom stereocenters. The second-order valence-electron chi connectivity index (χ2n) is 5.60. The lowest BCUT2D eigenvalue weighted by Crippen LogP contribution is -2.34. The molecule has 0 aromatic carbocycles. The van der Waals surface area contributed by atoms with E-state index in [1.165, 1.54) is 5.69 Å². The molecule has 18 heavy (non-hydrogen) atoms. The van der Waals surface area contributed by atoms with E-state index < -0.39 is 0 Å². The minimum Gasteiger partial charge on any atom is -0.368 e. The van der Waals surface area contributed by atoms with Crippen molar-refractivity contribution in [3.63, 3.8) is 0 Å². The molecule has 0 aliphatic rings. The molecule has 0 aliphatic carbocycles. The molecule has 1 aromatic heterocycles. The highest BCUT2D eigenvalue weighted by Crippen LogP contribution is 2.20. The number of nitrogens with zero attached hydrogens (tertiary/aromatic N) is 2. The van der Waals surface area contributed by atoms with Gasteiger partial charge in [0.1, 0.15) is 0 Å². The highest BCUT2D eigenvalue weighted by molar-refractivity contribution is 5.45. The Bertz CT molecular complexity index is 343. The van der Waals surface area contributed by atoms with Gasteiger partial charge in [0.15, 0.2) is 0 Å². The van der Waals surface area contributed by atoms with Crippen molar-refractivity contribution in [2.45, 2.75) is 53.1 Å². The van der Waals surface area contributed by atoms with Gasteiger partial charge in [0, 0.05) is 18.6 Å². The molecule has 0 saturated heterocycles. The molecule has 0 fully saturated rings. The smallest absolute Gasteiger partial charge is 0.0572 e. The monoisotopic (exact) mass is 249 g/mol. The van der Waals surface area contributed by atoms with Crippen molar-refractivity contribution in [3.05, 3.63) is 24.0 Å². The summed E-state index contributed by atoms with van der Waals surface area (Å²) < 4.78 is 0. The number of pyridine rings is 1. The van der Waals surface area contributed by atoms with E-state index in [4.69, 9.17) is 5.73 Å². The third-order valence-electron chi connectivity index (χ3n) is 3.11. The van der Waals surface area contributed by atoms with Gasteiger partial charge in [-0.3, -0.25) is 4.98 Å². The molecule has 0 saturated carbocycles. The minimum absolute atomic E-state index is 0.0525. The lowest BCUT2D eigenvalue weighted by molar-refractivity contribution is 0.570.